The Morgan fingerprint density at radius 3 is 2.69 bits per heavy atom. The molecule has 0 aliphatic rings. The first-order chi connectivity index (χ1) is 7.72. The molecule has 1 aromatic carbocycles. The average Bonchev–Trinajstić information content (AvgIpc) is 2.81. The molecule has 0 aliphatic carbocycles. The van der Waals surface area contributed by atoms with E-state index in [1.54, 1.807) is 37.8 Å². The number of nitrogens with one attached hydrogen (secondary N) is 1. The number of furan rings is 1. The first-order valence-electron chi connectivity index (χ1n) is 4.80. The van der Waals surface area contributed by atoms with Crippen LogP contribution in [0.1, 0.15) is 10.4 Å². The number of carbonyl (C=O) groups is 1. The minimum atomic E-state index is -0.949. The number of carboxylic acid groups (broad SMARTS) is 1. The van der Waals surface area contributed by atoms with Crippen LogP contribution in [0, 0.1) is 0 Å². The molecular formula is C12H11NO3. The lowest BCUT2D eigenvalue weighted by atomic mass is 10.0. The molecule has 0 aliphatic heterocycles. The van der Waals surface area contributed by atoms with Crippen LogP contribution in [0.15, 0.2) is 41.2 Å². The van der Waals surface area contributed by atoms with E-state index in [0.29, 0.717) is 5.69 Å². The Morgan fingerprint density at radius 1 is 1.31 bits per heavy atom. The largest absolute Gasteiger partial charge is 0.478 e. The summed E-state index contributed by atoms with van der Waals surface area (Å²) in [5.74, 6) is -0.949. The van der Waals surface area contributed by atoms with Crippen LogP contribution in [0.2, 0.25) is 0 Å². The zero-order valence-corrected chi connectivity index (χ0v) is 8.73. The molecule has 2 aromatic rings. The van der Waals surface area contributed by atoms with Crippen LogP contribution in [-0.4, -0.2) is 18.1 Å². The topological polar surface area (TPSA) is 62.5 Å². The lowest BCUT2D eigenvalue weighted by Crippen LogP contribution is -2.02. The Morgan fingerprint density at radius 2 is 2.12 bits per heavy atom. The Labute approximate surface area is 92.5 Å². The molecule has 0 saturated heterocycles. The molecule has 0 atom stereocenters. The molecule has 1 heterocycles. The van der Waals surface area contributed by atoms with E-state index in [1.165, 1.54) is 0 Å². The molecule has 2 rings (SSSR count). The molecule has 0 radical (unpaired) electrons. The van der Waals surface area contributed by atoms with E-state index in [0.717, 1.165) is 11.1 Å². The quantitative estimate of drug-likeness (QED) is 0.829. The Hall–Kier alpha value is -2.23. The molecule has 4 nitrogen and oxygen atoms in total. The van der Waals surface area contributed by atoms with Crippen molar-refractivity contribution >= 4 is 11.7 Å². The molecule has 16 heavy (non-hydrogen) atoms. The molecule has 0 fully saturated rings. The minimum Gasteiger partial charge on any atom is -0.478 e. The van der Waals surface area contributed by atoms with Crippen molar-refractivity contribution in [2.75, 3.05) is 12.4 Å². The average molecular weight is 217 g/mol. The summed E-state index contributed by atoms with van der Waals surface area (Å²) in [6.07, 6.45) is 3.14. The highest BCUT2D eigenvalue weighted by Gasteiger charge is 2.11. The summed E-state index contributed by atoms with van der Waals surface area (Å²) in [4.78, 5) is 11.0. The first kappa shape index (κ1) is 10.3. The highest BCUT2D eigenvalue weighted by Crippen LogP contribution is 2.25. The molecule has 2 N–H and O–H groups in total. The fourth-order valence-electron chi connectivity index (χ4n) is 1.55. The number of hydrogen-bond acceptors (Lipinski definition) is 3. The summed E-state index contributed by atoms with van der Waals surface area (Å²) < 4.78 is 4.96. The minimum absolute atomic E-state index is 0.251. The Balaban J connectivity index is 2.51. The molecule has 82 valence electrons. The highest BCUT2D eigenvalue weighted by atomic mass is 16.4. The third-order valence-electron chi connectivity index (χ3n) is 2.37. The van der Waals surface area contributed by atoms with E-state index in [1.807, 2.05) is 6.07 Å². The van der Waals surface area contributed by atoms with Crippen molar-refractivity contribution in [3.05, 3.63) is 42.4 Å². The fraction of sp³-hybridized carbons (Fsp3) is 0.0833. The van der Waals surface area contributed by atoms with Crippen LogP contribution in [0.25, 0.3) is 11.1 Å². The van der Waals surface area contributed by atoms with Crippen LogP contribution in [0.4, 0.5) is 5.69 Å². The number of aromatic carboxylic acids is 1. The van der Waals surface area contributed by atoms with Gasteiger partial charge < -0.3 is 14.8 Å². The van der Waals surface area contributed by atoms with E-state index in [2.05, 4.69) is 5.32 Å². The number of rotatable bonds is 3. The summed E-state index contributed by atoms with van der Waals surface area (Å²) in [6.45, 7) is 0. The van der Waals surface area contributed by atoms with Gasteiger partial charge in [-0.1, -0.05) is 6.07 Å². The standard InChI is InChI=1S/C12H11NO3/c1-13-11-3-2-8(6-10(11)12(14)15)9-4-5-16-7-9/h2-7,13H,1H3,(H,14,15). The van der Waals surface area contributed by atoms with Crippen molar-refractivity contribution in [3.8, 4) is 11.1 Å². The van der Waals surface area contributed by atoms with E-state index in [-0.39, 0.29) is 5.56 Å². The molecule has 0 spiro atoms. The van der Waals surface area contributed by atoms with Gasteiger partial charge in [0.25, 0.3) is 0 Å². The van der Waals surface area contributed by atoms with Gasteiger partial charge in [-0.3, -0.25) is 0 Å². The van der Waals surface area contributed by atoms with Gasteiger partial charge in [0, 0.05) is 18.3 Å². The zero-order chi connectivity index (χ0) is 11.5. The predicted octanol–water partition coefficient (Wildman–Crippen LogP) is 2.69. The molecular weight excluding hydrogens is 206 g/mol. The predicted molar refractivity (Wildman–Crippen MR) is 60.7 cm³/mol. The second-order valence-electron chi connectivity index (χ2n) is 3.33. The lowest BCUT2D eigenvalue weighted by Gasteiger charge is -2.06. The number of anilines is 1. The second kappa shape index (κ2) is 4.10. The van der Waals surface area contributed by atoms with Gasteiger partial charge in [0.15, 0.2) is 0 Å². The lowest BCUT2D eigenvalue weighted by molar-refractivity contribution is 0.0698. The van der Waals surface area contributed by atoms with Crippen molar-refractivity contribution in [2.45, 2.75) is 0 Å². The second-order valence-corrected chi connectivity index (χ2v) is 3.33. The summed E-state index contributed by atoms with van der Waals surface area (Å²) in [5, 5.41) is 11.9. The SMILES string of the molecule is CNc1ccc(-c2ccoc2)cc1C(=O)O. The van der Waals surface area contributed by atoms with Crippen molar-refractivity contribution in [2.24, 2.45) is 0 Å². The summed E-state index contributed by atoms with van der Waals surface area (Å²) in [6, 6.07) is 7.01. The maximum Gasteiger partial charge on any atom is 0.337 e. The zero-order valence-electron chi connectivity index (χ0n) is 8.73. The highest BCUT2D eigenvalue weighted by molar-refractivity contribution is 5.95. The third-order valence-corrected chi connectivity index (χ3v) is 2.37. The van der Waals surface area contributed by atoms with Gasteiger partial charge in [0.2, 0.25) is 0 Å². The third kappa shape index (κ3) is 1.77. The van der Waals surface area contributed by atoms with Gasteiger partial charge in [-0.15, -0.1) is 0 Å². The van der Waals surface area contributed by atoms with Crippen molar-refractivity contribution in [1.29, 1.82) is 0 Å². The van der Waals surface area contributed by atoms with Crippen LogP contribution in [0.3, 0.4) is 0 Å². The van der Waals surface area contributed by atoms with Crippen LogP contribution < -0.4 is 5.32 Å². The smallest absolute Gasteiger partial charge is 0.337 e. The summed E-state index contributed by atoms with van der Waals surface area (Å²) in [5.41, 5.74) is 2.54. The van der Waals surface area contributed by atoms with Crippen molar-refractivity contribution in [1.82, 2.24) is 0 Å². The molecule has 1 aromatic heterocycles. The van der Waals surface area contributed by atoms with E-state index in [9.17, 15) is 4.79 Å². The number of carboxylic acids is 1. The van der Waals surface area contributed by atoms with Gasteiger partial charge in [-0.25, -0.2) is 4.79 Å². The molecule has 0 saturated carbocycles. The van der Waals surface area contributed by atoms with E-state index < -0.39 is 5.97 Å². The maximum absolute atomic E-state index is 11.0. The van der Waals surface area contributed by atoms with Gasteiger partial charge in [0.05, 0.1) is 18.1 Å². The van der Waals surface area contributed by atoms with Crippen LogP contribution in [-0.2, 0) is 0 Å². The molecule has 0 unspecified atom stereocenters. The van der Waals surface area contributed by atoms with Crippen molar-refractivity contribution < 1.29 is 14.3 Å². The van der Waals surface area contributed by atoms with Crippen LogP contribution in [0.5, 0.6) is 0 Å². The van der Waals surface area contributed by atoms with Gasteiger partial charge in [0.1, 0.15) is 0 Å². The summed E-state index contributed by atoms with van der Waals surface area (Å²) in [7, 11) is 1.69. The normalized spacial score (nSPS) is 10.1. The fourth-order valence-corrected chi connectivity index (χ4v) is 1.55. The van der Waals surface area contributed by atoms with Gasteiger partial charge >= 0.3 is 5.97 Å². The first-order valence-corrected chi connectivity index (χ1v) is 4.80. The van der Waals surface area contributed by atoms with E-state index >= 15 is 0 Å². The van der Waals surface area contributed by atoms with Gasteiger partial charge in [-0.2, -0.15) is 0 Å². The molecule has 0 bridgehead atoms. The van der Waals surface area contributed by atoms with Crippen molar-refractivity contribution in [3.63, 3.8) is 0 Å². The Bertz CT molecular complexity index is 503. The maximum atomic E-state index is 11.0. The molecule has 0 amide bonds. The van der Waals surface area contributed by atoms with Gasteiger partial charge in [-0.05, 0) is 23.8 Å². The molecule has 4 heteroatoms. The van der Waals surface area contributed by atoms with Crippen LogP contribution >= 0.6 is 0 Å². The van der Waals surface area contributed by atoms with E-state index in [4.69, 9.17) is 9.52 Å². The Kier molecular flexibility index (Phi) is 2.64. The monoisotopic (exact) mass is 217 g/mol. The number of hydrogen-bond donors (Lipinski definition) is 2. The summed E-state index contributed by atoms with van der Waals surface area (Å²) >= 11 is 0. The number of benzene rings is 1.